The van der Waals surface area contributed by atoms with E-state index in [4.69, 9.17) is 6.85 Å². The van der Waals surface area contributed by atoms with E-state index >= 15 is 0 Å². The summed E-state index contributed by atoms with van der Waals surface area (Å²) in [5.41, 5.74) is 5.83. The molecule has 1 aromatic heterocycles. The summed E-state index contributed by atoms with van der Waals surface area (Å²) >= 11 is 0. The van der Waals surface area contributed by atoms with E-state index in [9.17, 15) is 0 Å². The topological polar surface area (TPSA) is 3.88 Å². The number of aromatic nitrogens is 1. The average Bonchev–Trinajstić information content (AvgIpc) is 3.09. The molecule has 0 fully saturated rings. The van der Waals surface area contributed by atoms with Crippen LogP contribution in [0.4, 0.5) is 0 Å². The van der Waals surface area contributed by atoms with E-state index in [0.29, 0.717) is 5.56 Å². The van der Waals surface area contributed by atoms with Crippen molar-refractivity contribution < 1.29 is 11.4 Å². The van der Waals surface area contributed by atoms with E-state index in [1.807, 2.05) is 17.7 Å². The number of rotatable bonds is 2. The first-order valence-corrected chi connectivity index (χ1v) is 12.7. The predicted molar refractivity (Wildman–Crippen MR) is 130 cm³/mol. The second-order valence-corrected chi connectivity index (χ2v) is 12.2. The zero-order valence-corrected chi connectivity index (χ0v) is 18.5. The molecule has 1 atom stereocenters. The van der Waals surface area contributed by atoms with E-state index in [1.165, 1.54) is 32.8 Å². The Bertz CT molecular complexity index is 1450. The summed E-state index contributed by atoms with van der Waals surface area (Å²) in [5, 5.41) is 3.92. The molecule has 1 aliphatic rings. The quantitative estimate of drug-likeness (QED) is 0.344. The van der Waals surface area contributed by atoms with Gasteiger partial charge in [-0.2, -0.15) is 0 Å². The number of benzene rings is 3. The van der Waals surface area contributed by atoms with Crippen LogP contribution in [0.15, 0.2) is 79.0 Å². The van der Waals surface area contributed by atoms with Crippen LogP contribution in [-0.2, 0) is 7.05 Å². The summed E-state index contributed by atoms with van der Waals surface area (Å²) in [4.78, 5) is 0. The summed E-state index contributed by atoms with van der Waals surface area (Å²) in [6.07, 6.45) is 1.64. The summed E-state index contributed by atoms with van der Waals surface area (Å²) in [6.45, 7) is 0.827. The van der Waals surface area contributed by atoms with Crippen molar-refractivity contribution in [2.75, 3.05) is 0 Å². The first-order chi connectivity index (χ1) is 16.5. The van der Waals surface area contributed by atoms with Crippen molar-refractivity contribution in [2.45, 2.75) is 27.2 Å². The van der Waals surface area contributed by atoms with Crippen LogP contribution in [0.3, 0.4) is 0 Å². The molecule has 3 aromatic carbocycles. The highest BCUT2D eigenvalue weighted by Gasteiger charge is 2.46. The van der Waals surface area contributed by atoms with Gasteiger partial charge in [-0.05, 0) is 59.0 Å². The van der Waals surface area contributed by atoms with Gasteiger partial charge in [0.1, 0.15) is 15.1 Å². The molecule has 5 rings (SSSR count). The third-order valence-corrected chi connectivity index (χ3v) is 11.0. The smallest absolute Gasteiger partial charge is 0.201 e. The zero-order chi connectivity index (χ0) is 25.1. The molecule has 1 nitrogen and oxygen atoms in total. The largest absolute Gasteiger partial charge is 0.215 e. The number of hydrogen-bond donors (Lipinski definition) is 0. The highest BCUT2D eigenvalue weighted by atomic mass is 28.3. The van der Waals surface area contributed by atoms with Gasteiger partial charge in [-0.15, -0.1) is 0 Å². The van der Waals surface area contributed by atoms with Crippen LogP contribution < -0.4 is 20.1 Å². The Labute approximate surface area is 187 Å². The second kappa shape index (κ2) is 6.78. The molecule has 148 valence electrons. The van der Waals surface area contributed by atoms with Crippen molar-refractivity contribution in [3.63, 3.8) is 0 Å². The number of nitrogens with zero attached hydrogens (tertiary/aromatic N) is 1. The normalized spacial score (nSPS) is 19.9. The summed E-state index contributed by atoms with van der Waals surface area (Å²) in [7, 11) is -0.608. The van der Waals surface area contributed by atoms with Crippen molar-refractivity contribution in [3.05, 3.63) is 95.7 Å². The molecule has 4 aromatic rings. The van der Waals surface area contributed by atoms with Crippen molar-refractivity contribution in [3.8, 4) is 22.4 Å². The summed E-state index contributed by atoms with van der Waals surface area (Å²) in [5.74, 6) is 0. The minimum atomic E-state index is -2.44. The van der Waals surface area contributed by atoms with E-state index in [-0.39, 0.29) is 5.56 Å². The lowest BCUT2D eigenvalue weighted by Crippen LogP contribution is -2.63. The molecule has 0 N–H and O–H groups in total. The van der Waals surface area contributed by atoms with Crippen LogP contribution in [-0.4, -0.2) is 8.07 Å². The first kappa shape index (κ1) is 14.1. The second-order valence-electron chi connectivity index (χ2n) is 8.36. The Morgan fingerprint density at radius 3 is 2.40 bits per heavy atom. The fourth-order valence-corrected chi connectivity index (χ4v) is 9.67. The van der Waals surface area contributed by atoms with Gasteiger partial charge in [-0.3, -0.25) is 0 Å². The molecule has 0 radical (unpaired) electrons. The molecule has 1 unspecified atom stereocenters. The fourth-order valence-electron chi connectivity index (χ4n) is 5.19. The number of aryl methyl sites for hydroxylation is 4. The van der Waals surface area contributed by atoms with E-state index < -0.39 is 21.8 Å². The Balaban J connectivity index is 1.92. The molecule has 0 amide bonds. The van der Waals surface area contributed by atoms with E-state index in [2.05, 4.69) is 74.1 Å². The van der Waals surface area contributed by atoms with Gasteiger partial charge >= 0.3 is 0 Å². The zero-order valence-electron chi connectivity index (χ0n) is 22.5. The van der Waals surface area contributed by atoms with Crippen molar-refractivity contribution in [2.24, 2.45) is 7.05 Å². The number of fused-ring (bicyclic) bond motifs is 3. The van der Waals surface area contributed by atoms with Crippen LogP contribution in [0.2, 0.25) is 6.55 Å². The molecule has 0 aliphatic carbocycles. The lowest BCUT2D eigenvalue weighted by molar-refractivity contribution is -0.661. The molecule has 0 saturated heterocycles. The summed E-state index contributed by atoms with van der Waals surface area (Å²) < 4.78 is 42.3. The van der Waals surface area contributed by atoms with Gasteiger partial charge in [0.15, 0.2) is 6.20 Å². The lowest BCUT2D eigenvalue weighted by atomic mass is 9.95. The Hall–Kier alpha value is -2.97. The minimum absolute atomic E-state index is 0.153. The Morgan fingerprint density at radius 2 is 1.63 bits per heavy atom. The fraction of sp³-hybridized carbons (Fsp3) is 0.179. The average molecular weight is 412 g/mol. The van der Waals surface area contributed by atoms with E-state index in [1.54, 1.807) is 6.20 Å². The monoisotopic (exact) mass is 411 g/mol. The van der Waals surface area contributed by atoms with Gasteiger partial charge in [0.25, 0.3) is 0 Å². The number of hydrogen-bond acceptors (Lipinski definition) is 0. The molecule has 0 spiro atoms. The molecule has 2 heterocycles. The van der Waals surface area contributed by atoms with Crippen molar-refractivity contribution in [1.82, 2.24) is 0 Å². The van der Waals surface area contributed by atoms with Crippen LogP contribution in [0.25, 0.3) is 22.4 Å². The highest BCUT2D eigenvalue weighted by molar-refractivity contribution is 7.14. The van der Waals surface area contributed by atoms with Crippen LogP contribution in [0.1, 0.15) is 23.5 Å². The molecule has 30 heavy (non-hydrogen) atoms. The van der Waals surface area contributed by atoms with Gasteiger partial charge < -0.3 is 0 Å². The van der Waals surface area contributed by atoms with Crippen LogP contribution in [0, 0.1) is 20.7 Å². The summed E-state index contributed by atoms with van der Waals surface area (Å²) in [6, 6.07) is 25.1. The van der Waals surface area contributed by atoms with Gasteiger partial charge in [-0.1, -0.05) is 73.3 Å². The first-order valence-electron chi connectivity index (χ1n) is 12.9. The van der Waals surface area contributed by atoms with Crippen molar-refractivity contribution in [1.29, 1.82) is 0 Å². The minimum Gasteiger partial charge on any atom is -0.201 e. The Morgan fingerprint density at radius 1 is 0.867 bits per heavy atom. The lowest BCUT2D eigenvalue weighted by Gasteiger charge is -2.28. The highest BCUT2D eigenvalue weighted by Crippen LogP contribution is 2.35. The van der Waals surface area contributed by atoms with Crippen LogP contribution >= 0.6 is 0 Å². The van der Waals surface area contributed by atoms with Gasteiger partial charge in [-0.25, -0.2) is 4.57 Å². The van der Waals surface area contributed by atoms with Crippen LogP contribution in [0.5, 0.6) is 0 Å². The maximum atomic E-state index is 8.35. The molecule has 0 bridgehead atoms. The maximum Gasteiger partial charge on any atom is 0.215 e. The molecule has 1 aliphatic heterocycles. The molecular formula is C28H28NSi+. The van der Waals surface area contributed by atoms with Gasteiger partial charge in [0.2, 0.25) is 5.69 Å². The van der Waals surface area contributed by atoms with E-state index in [0.717, 1.165) is 16.8 Å². The predicted octanol–water partition coefficient (Wildman–Crippen LogP) is 4.18. The SMILES string of the molecule is [2H]C([2H])c1cc(C([2H])([2H])[2H])c[n+](C)c1-c1c(C)ccc2c1[Si](C)(c1ccccc1)c1ccccc1-2. The molecule has 2 heteroatoms. The maximum absolute atomic E-state index is 8.35. The standard InChI is InChI=1S/C28H28NSi/c1-19-17-21(3)27(29(4)18-19)26-20(2)15-16-24-23-13-9-10-14-25(23)30(5,28(24)26)22-11-7-6-8-12-22/h6-18H,1-5H3/q+1/i1D3,3D2. The third kappa shape index (κ3) is 2.57. The third-order valence-electron chi connectivity index (χ3n) is 6.53. The molecule has 0 saturated carbocycles. The van der Waals surface area contributed by atoms with Gasteiger partial charge in [0, 0.05) is 23.5 Å². The van der Waals surface area contributed by atoms with Crippen molar-refractivity contribution >= 4 is 23.6 Å². The molecular weight excluding hydrogens is 378 g/mol. The van der Waals surface area contributed by atoms with Gasteiger partial charge in [0.05, 0.1) is 0 Å². The Kier molecular flexibility index (Phi) is 3.19. The number of pyridine rings is 1.